The van der Waals surface area contributed by atoms with Crippen molar-refractivity contribution in [1.29, 1.82) is 0 Å². The lowest BCUT2D eigenvalue weighted by atomic mass is 10.0. The molecule has 10 rings (SSSR count). The van der Waals surface area contributed by atoms with Crippen molar-refractivity contribution in [2.24, 2.45) is 25.9 Å². The van der Waals surface area contributed by atoms with Crippen molar-refractivity contribution in [3.8, 4) is 33.8 Å². The molecule has 2 amide bonds. The Morgan fingerprint density at radius 3 is 1.52 bits per heavy atom. The molecule has 4 atom stereocenters. The quantitative estimate of drug-likeness (QED) is 0.174. The number of nitrogens with zero attached hydrogens (tertiary/aromatic N) is 9. The molecule has 16 heteroatoms. The monoisotopic (exact) mass is 830 g/mol. The topological polar surface area (TPSA) is 163 Å². The predicted molar refractivity (Wildman–Crippen MR) is 233 cm³/mol. The van der Waals surface area contributed by atoms with Gasteiger partial charge < -0.3 is 30.3 Å². The molecule has 2 aromatic carbocycles. The summed E-state index contributed by atoms with van der Waals surface area (Å²) in [5.41, 5.74) is 6.03. The second kappa shape index (κ2) is 17.3. The number of likely N-dealkylation sites (tertiary alicyclic amines) is 1. The van der Waals surface area contributed by atoms with Crippen molar-refractivity contribution < 1.29 is 19.1 Å². The van der Waals surface area contributed by atoms with Gasteiger partial charge in [-0.1, -0.05) is 0 Å². The first-order valence-corrected chi connectivity index (χ1v) is 21.8. The number of hydrogen-bond donors (Lipinski definition) is 3. The van der Waals surface area contributed by atoms with Gasteiger partial charge in [0.25, 0.3) is 0 Å². The minimum absolute atomic E-state index is 0.0694. The van der Waals surface area contributed by atoms with Crippen molar-refractivity contribution >= 4 is 33.6 Å². The fraction of sp³-hybridized carbons (Fsp3) is 0.511. The zero-order chi connectivity index (χ0) is 42.2. The van der Waals surface area contributed by atoms with Gasteiger partial charge >= 0.3 is 0 Å². The first-order chi connectivity index (χ1) is 29.5. The molecule has 0 spiro atoms. The third-order valence-electron chi connectivity index (χ3n) is 13.0. The van der Waals surface area contributed by atoms with E-state index in [0.717, 1.165) is 107 Å². The number of fused-ring (bicyclic) bond motifs is 2. The highest BCUT2D eigenvalue weighted by atomic mass is 16.5. The second-order valence-corrected chi connectivity index (χ2v) is 17.5. The Balaban J connectivity index is 0.000000156. The molecule has 0 aliphatic carbocycles. The van der Waals surface area contributed by atoms with E-state index in [-0.39, 0.29) is 35.9 Å². The summed E-state index contributed by atoms with van der Waals surface area (Å²) < 4.78 is 20.6. The fourth-order valence-corrected chi connectivity index (χ4v) is 9.16. The normalized spacial score (nSPS) is 21.3. The maximum Gasteiger partial charge on any atom is 0.220 e. The molecule has 0 radical (unpaired) electrons. The van der Waals surface area contributed by atoms with Crippen molar-refractivity contribution in [3.63, 3.8) is 0 Å². The van der Waals surface area contributed by atoms with Crippen LogP contribution in [0.5, 0.6) is 11.5 Å². The van der Waals surface area contributed by atoms with Crippen LogP contribution in [0.1, 0.15) is 64.5 Å². The van der Waals surface area contributed by atoms with Crippen LogP contribution in [-0.4, -0.2) is 114 Å². The second-order valence-electron chi connectivity index (χ2n) is 17.5. The number of amides is 2. The molecule has 16 nitrogen and oxygen atoms in total. The van der Waals surface area contributed by atoms with Gasteiger partial charge in [0, 0.05) is 87.8 Å². The summed E-state index contributed by atoms with van der Waals surface area (Å²) in [5.74, 6) is 2.16. The summed E-state index contributed by atoms with van der Waals surface area (Å²) in [6.45, 7) is 9.69. The van der Waals surface area contributed by atoms with E-state index in [4.69, 9.17) is 9.47 Å². The van der Waals surface area contributed by atoms with Gasteiger partial charge in [-0.3, -0.25) is 28.3 Å². The van der Waals surface area contributed by atoms with Crippen LogP contribution in [0.4, 0.5) is 0 Å². The average molecular weight is 831 g/mol. The highest BCUT2D eigenvalue weighted by Crippen LogP contribution is 2.36. The number of benzene rings is 2. The Bertz CT molecular complexity index is 2500. The predicted octanol–water partition coefficient (Wildman–Crippen LogP) is 4.87. The van der Waals surface area contributed by atoms with E-state index in [1.807, 2.05) is 62.1 Å². The Labute approximate surface area is 355 Å². The molecule has 0 bridgehead atoms. The standard InChI is InChI=1S/C23H30N6O2.C22H28N6O2/c1-15(17-10-23(30)24-11-17)31-22-9-16(8-21-20(22)14-28(3)26-21)18-12-25-29(13-18)19-4-6-27(2)7-5-19;1-14(16-9-22(29)24-10-16)30-21-8-15(7-20-19(21)13-27(2)26-20)17-11-25-28(12-17)18-3-5-23-6-4-18/h8-9,12-15,17,19H,4-7,10-11H2,1-3H3,(H,24,30);7-8,11-14,16,18,23H,3-6,9-10H2,1-2H3,(H,24,29)/t15-,17-;14-,16-/m11/s1. The van der Waals surface area contributed by atoms with Gasteiger partial charge in [0.1, 0.15) is 23.7 Å². The number of rotatable bonds is 10. The molecule has 61 heavy (non-hydrogen) atoms. The lowest BCUT2D eigenvalue weighted by molar-refractivity contribution is -0.120. The molecule has 4 saturated heterocycles. The number of ether oxygens (including phenoxy) is 2. The Morgan fingerprint density at radius 2 is 1.08 bits per heavy atom. The van der Waals surface area contributed by atoms with E-state index >= 15 is 0 Å². The van der Waals surface area contributed by atoms with Gasteiger partial charge in [0.05, 0.1) is 46.3 Å². The van der Waals surface area contributed by atoms with Crippen molar-refractivity contribution in [2.45, 2.75) is 76.7 Å². The van der Waals surface area contributed by atoms with E-state index in [0.29, 0.717) is 38.0 Å². The van der Waals surface area contributed by atoms with E-state index in [2.05, 4.69) is 94.3 Å². The maximum atomic E-state index is 11.6. The molecule has 4 aromatic heterocycles. The third-order valence-corrected chi connectivity index (χ3v) is 13.0. The first-order valence-electron chi connectivity index (χ1n) is 21.8. The number of aromatic nitrogens is 8. The summed E-state index contributed by atoms with van der Waals surface area (Å²) >= 11 is 0. The highest BCUT2D eigenvalue weighted by Gasteiger charge is 2.30. The number of carbonyl (C=O) groups is 2. The number of hydrogen-bond acceptors (Lipinski definition) is 10. The summed E-state index contributed by atoms with van der Waals surface area (Å²) in [5, 5.41) is 29.7. The Hall–Kier alpha value is -5.74. The van der Waals surface area contributed by atoms with E-state index < -0.39 is 0 Å². The molecule has 322 valence electrons. The fourth-order valence-electron chi connectivity index (χ4n) is 9.16. The number of piperidine rings is 2. The molecule has 6 aromatic rings. The lowest BCUT2D eigenvalue weighted by Gasteiger charge is -2.28. The van der Waals surface area contributed by atoms with Crippen LogP contribution in [0.2, 0.25) is 0 Å². The van der Waals surface area contributed by atoms with E-state index in [1.165, 1.54) is 0 Å². The molecular weight excluding hydrogens is 773 g/mol. The lowest BCUT2D eigenvalue weighted by Crippen LogP contribution is -2.31. The summed E-state index contributed by atoms with van der Waals surface area (Å²) in [6.07, 6.45) is 17.4. The molecule has 4 aliphatic rings. The van der Waals surface area contributed by atoms with Crippen LogP contribution in [0.25, 0.3) is 44.1 Å². The highest BCUT2D eigenvalue weighted by molar-refractivity contribution is 5.91. The molecule has 0 saturated carbocycles. The van der Waals surface area contributed by atoms with Gasteiger partial charge in [-0.25, -0.2) is 0 Å². The Morgan fingerprint density at radius 1 is 0.623 bits per heavy atom. The molecular formula is C45H58N12O4. The summed E-state index contributed by atoms with van der Waals surface area (Å²) in [6, 6.07) is 9.25. The number of aryl methyl sites for hydroxylation is 2. The zero-order valence-electron chi connectivity index (χ0n) is 35.9. The van der Waals surface area contributed by atoms with Crippen LogP contribution in [0.15, 0.2) is 61.4 Å². The third kappa shape index (κ3) is 9.01. The van der Waals surface area contributed by atoms with Gasteiger partial charge in [-0.05, 0) is 108 Å². The SMILES string of the molecule is C[C@@H](Oc1cc(-c2cnn(C3CCN(C)CC3)c2)cc2nn(C)cc12)[C@H]1CNC(=O)C1.C[C@@H](Oc1cc(-c2cnn(C3CCNCC3)c2)cc2nn(C)cc12)[C@H]1CNC(=O)C1. The minimum Gasteiger partial charge on any atom is -0.490 e. The zero-order valence-corrected chi connectivity index (χ0v) is 35.9. The van der Waals surface area contributed by atoms with Crippen LogP contribution < -0.4 is 25.4 Å². The smallest absolute Gasteiger partial charge is 0.220 e. The van der Waals surface area contributed by atoms with Crippen molar-refractivity contribution in [2.75, 3.05) is 46.3 Å². The van der Waals surface area contributed by atoms with Crippen molar-refractivity contribution in [1.82, 2.24) is 60.0 Å². The summed E-state index contributed by atoms with van der Waals surface area (Å²) in [4.78, 5) is 25.6. The molecule has 4 fully saturated rings. The van der Waals surface area contributed by atoms with E-state index in [1.54, 1.807) is 0 Å². The van der Waals surface area contributed by atoms with Gasteiger partial charge in [-0.2, -0.15) is 20.4 Å². The van der Waals surface area contributed by atoms with Crippen LogP contribution >= 0.6 is 0 Å². The van der Waals surface area contributed by atoms with Crippen LogP contribution in [-0.2, 0) is 23.7 Å². The van der Waals surface area contributed by atoms with Gasteiger partial charge in [-0.15, -0.1) is 0 Å². The number of carbonyl (C=O) groups excluding carboxylic acids is 2. The van der Waals surface area contributed by atoms with Crippen LogP contribution in [0, 0.1) is 11.8 Å². The van der Waals surface area contributed by atoms with E-state index in [9.17, 15) is 9.59 Å². The maximum absolute atomic E-state index is 11.6. The first kappa shape index (κ1) is 40.7. The Kier molecular flexibility index (Phi) is 11.5. The largest absolute Gasteiger partial charge is 0.490 e. The molecule has 4 aliphatic heterocycles. The van der Waals surface area contributed by atoms with Crippen molar-refractivity contribution in [3.05, 3.63) is 61.4 Å². The molecule has 8 heterocycles. The van der Waals surface area contributed by atoms with Crippen LogP contribution in [0.3, 0.4) is 0 Å². The summed E-state index contributed by atoms with van der Waals surface area (Å²) in [7, 11) is 6.01. The minimum atomic E-state index is -0.0699. The average Bonchev–Trinajstić information content (AvgIpc) is 4.11. The molecule has 3 N–H and O–H groups in total. The molecule has 0 unspecified atom stereocenters. The van der Waals surface area contributed by atoms with Gasteiger partial charge in [0.2, 0.25) is 11.8 Å². The number of nitrogens with one attached hydrogen (secondary N) is 3. The van der Waals surface area contributed by atoms with Gasteiger partial charge in [0.15, 0.2) is 0 Å².